The van der Waals surface area contributed by atoms with E-state index in [2.05, 4.69) is 25.3 Å². The Morgan fingerprint density at radius 2 is 1.15 bits per heavy atom. The lowest BCUT2D eigenvalue weighted by molar-refractivity contribution is 0.405. The molecular formula is C22H20N2O2. The van der Waals surface area contributed by atoms with E-state index in [-0.39, 0.29) is 12.1 Å². The lowest BCUT2D eigenvalue weighted by Crippen LogP contribution is -2.42. The molecule has 2 atom stereocenters. The molecule has 4 heteroatoms. The maximum Gasteiger partial charge on any atom is 0.144 e. The van der Waals surface area contributed by atoms with Crippen LogP contribution in [-0.4, -0.2) is 26.3 Å². The lowest BCUT2D eigenvalue weighted by Gasteiger charge is -2.26. The van der Waals surface area contributed by atoms with Crippen LogP contribution in [0, 0.1) is 0 Å². The summed E-state index contributed by atoms with van der Waals surface area (Å²) in [6.07, 6.45) is 4.10. The zero-order valence-corrected chi connectivity index (χ0v) is 14.9. The van der Waals surface area contributed by atoms with Crippen molar-refractivity contribution in [2.24, 2.45) is 9.98 Å². The van der Waals surface area contributed by atoms with Crippen LogP contribution in [-0.2, 0) is 0 Å². The maximum absolute atomic E-state index is 5.48. The van der Waals surface area contributed by atoms with Crippen molar-refractivity contribution in [2.45, 2.75) is 12.1 Å². The summed E-state index contributed by atoms with van der Waals surface area (Å²) in [4.78, 5) is 9.86. The van der Waals surface area contributed by atoms with Crippen LogP contribution in [0.4, 0.5) is 0 Å². The number of hydrogen-bond donors (Lipinski definition) is 0. The zero-order chi connectivity index (χ0) is 18.3. The molecule has 2 aliphatic rings. The number of para-hydroxylation sites is 2. The summed E-state index contributed by atoms with van der Waals surface area (Å²) in [6.45, 7) is 8.44. The van der Waals surface area contributed by atoms with Crippen molar-refractivity contribution in [3.05, 3.63) is 81.9 Å². The van der Waals surface area contributed by atoms with Crippen LogP contribution in [0.2, 0.25) is 0 Å². The van der Waals surface area contributed by atoms with E-state index in [1.54, 1.807) is 14.2 Å². The second-order valence-corrected chi connectivity index (χ2v) is 6.38. The molecule has 0 amide bonds. The van der Waals surface area contributed by atoms with Gasteiger partial charge in [-0.2, -0.15) is 0 Å². The highest BCUT2D eigenvalue weighted by atomic mass is 16.5. The predicted octanol–water partition coefficient (Wildman–Crippen LogP) is 1.08. The smallest absolute Gasteiger partial charge is 0.144 e. The van der Waals surface area contributed by atoms with E-state index in [1.165, 1.54) is 0 Å². The number of rotatable bonds is 3. The molecule has 2 heterocycles. The van der Waals surface area contributed by atoms with Gasteiger partial charge in [0.2, 0.25) is 0 Å². The molecule has 0 fully saturated rings. The molecule has 0 aromatic heterocycles. The summed E-state index contributed by atoms with van der Waals surface area (Å²) in [5, 5.41) is 3.69. The van der Waals surface area contributed by atoms with E-state index in [0.29, 0.717) is 0 Å². The molecule has 0 radical (unpaired) electrons. The molecule has 2 aliphatic heterocycles. The van der Waals surface area contributed by atoms with Gasteiger partial charge in [-0.1, -0.05) is 37.4 Å². The van der Waals surface area contributed by atoms with Crippen LogP contribution in [0.1, 0.15) is 0 Å². The van der Waals surface area contributed by atoms with Gasteiger partial charge >= 0.3 is 0 Å². The monoisotopic (exact) mass is 344 g/mol. The molecule has 2 unspecified atom stereocenters. The number of nitrogens with zero attached hydrogens (tertiary/aromatic N) is 2. The molecule has 2 aromatic rings. The number of hydrogen-bond acceptors (Lipinski definition) is 4. The Balaban J connectivity index is 1.90. The third-order valence-electron chi connectivity index (χ3n) is 4.78. The normalized spacial score (nSPS) is 20.5. The molecule has 4 nitrogen and oxygen atoms in total. The minimum absolute atomic E-state index is 0.222. The van der Waals surface area contributed by atoms with Crippen LogP contribution in [0.15, 0.2) is 70.7 Å². The van der Waals surface area contributed by atoms with Crippen LogP contribution >= 0.6 is 0 Å². The molecule has 0 N–H and O–H groups in total. The van der Waals surface area contributed by atoms with Gasteiger partial charge in [-0.15, -0.1) is 0 Å². The van der Waals surface area contributed by atoms with Crippen LogP contribution in [0.3, 0.4) is 0 Å². The van der Waals surface area contributed by atoms with Crippen molar-refractivity contribution in [1.29, 1.82) is 0 Å². The maximum atomic E-state index is 5.48. The quantitative estimate of drug-likeness (QED) is 0.836. The van der Waals surface area contributed by atoms with Gasteiger partial charge in [0.25, 0.3) is 0 Å². The van der Waals surface area contributed by atoms with Crippen LogP contribution in [0.25, 0.3) is 12.2 Å². The summed E-state index contributed by atoms with van der Waals surface area (Å²) < 4.78 is 11.0. The minimum Gasteiger partial charge on any atom is -0.494 e. The highest BCUT2D eigenvalue weighted by Gasteiger charge is 2.27. The van der Waals surface area contributed by atoms with Gasteiger partial charge in [0, 0.05) is 10.4 Å². The summed E-state index contributed by atoms with van der Waals surface area (Å²) in [5.41, 5.74) is 1.82. The molecule has 130 valence electrons. The van der Waals surface area contributed by atoms with Gasteiger partial charge in [0.1, 0.15) is 34.3 Å². The first kappa shape index (κ1) is 16.3. The molecule has 26 heavy (non-hydrogen) atoms. The molecule has 0 bridgehead atoms. The summed E-state index contributed by atoms with van der Waals surface area (Å²) in [5.74, 6) is 1.50. The first-order chi connectivity index (χ1) is 12.6. The summed E-state index contributed by atoms with van der Waals surface area (Å²) in [7, 11) is 3.31. The van der Waals surface area contributed by atoms with Gasteiger partial charge in [-0.25, -0.2) is 0 Å². The minimum atomic E-state index is -0.222. The fourth-order valence-electron chi connectivity index (χ4n) is 3.48. The molecule has 0 saturated carbocycles. The van der Waals surface area contributed by atoms with Crippen LogP contribution < -0.4 is 30.6 Å². The van der Waals surface area contributed by atoms with E-state index in [4.69, 9.17) is 19.5 Å². The standard InChI is InChI=1S/C22H20N2O2/c1-13-11-15-7-5-9-17(25-3)21(15)23-19(13)20-14(2)12-16-8-6-10-18(26-4)22(16)24-20/h5-12,19-20H,1-2H2,3-4H3. The first-order valence-electron chi connectivity index (χ1n) is 8.45. The average molecular weight is 344 g/mol. The molecule has 0 aliphatic carbocycles. The van der Waals surface area contributed by atoms with Crippen molar-refractivity contribution in [3.8, 4) is 11.5 Å². The molecule has 0 spiro atoms. The highest BCUT2D eigenvalue weighted by Crippen LogP contribution is 2.23. The van der Waals surface area contributed by atoms with E-state index in [9.17, 15) is 0 Å². The average Bonchev–Trinajstić information content (AvgIpc) is 2.66. The Morgan fingerprint density at radius 3 is 1.54 bits per heavy atom. The first-order valence-corrected chi connectivity index (χ1v) is 8.45. The van der Waals surface area contributed by atoms with Gasteiger partial charge in [-0.05, 0) is 35.4 Å². The molecular weight excluding hydrogens is 324 g/mol. The van der Waals surface area contributed by atoms with Gasteiger partial charge < -0.3 is 9.47 Å². The van der Waals surface area contributed by atoms with E-state index in [0.717, 1.165) is 43.8 Å². The topological polar surface area (TPSA) is 43.2 Å². The number of methoxy groups -OCH3 is 2. The largest absolute Gasteiger partial charge is 0.494 e. The Kier molecular flexibility index (Phi) is 3.96. The Bertz CT molecular complexity index is 1070. The number of fused-ring (bicyclic) bond motifs is 2. The van der Waals surface area contributed by atoms with Crippen molar-refractivity contribution < 1.29 is 9.47 Å². The van der Waals surface area contributed by atoms with Crippen molar-refractivity contribution in [1.82, 2.24) is 0 Å². The van der Waals surface area contributed by atoms with Gasteiger partial charge in [-0.3, -0.25) is 9.98 Å². The van der Waals surface area contributed by atoms with E-state index < -0.39 is 0 Å². The molecule has 0 saturated heterocycles. The SMILES string of the molecule is C=C1C=c2cccc(OC)c2=NC1C1N=c2c(OC)cccc2=CC1=C. The molecule has 4 rings (SSSR count). The zero-order valence-electron chi connectivity index (χ0n) is 14.9. The fourth-order valence-corrected chi connectivity index (χ4v) is 3.48. The van der Waals surface area contributed by atoms with Crippen molar-refractivity contribution in [3.63, 3.8) is 0 Å². The van der Waals surface area contributed by atoms with Gasteiger partial charge in [0.15, 0.2) is 0 Å². The number of benzene rings is 2. The fraction of sp³-hybridized carbons (Fsp3) is 0.182. The second kappa shape index (κ2) is 6.30. The third kappa shape index (κ3) is 2.54. The second-order valence-electron chi connectivity index (χ2n) is 6.38. The van der Waals surface area contributed by atoms with Gasteiger partial charge in [0.05, 0.1) is 14.2 Å². The Morgan fingerprint density at radius 1 is 0.731 bits per heavy atom. The van der Waals surface area contributed by atoms with Crippen molar-refractivity contribution in [2.75, 3.05) is 14.2 Å². The Labute approximate surface area is 151 Å². The molecule has 2 aromatic carbocycles. The Hall–Kier alpha value is -3.14. The van der Waals surface area contributed by atoms with Crippen LogP contribution in [0.5, 0.6) is 11.5 Å². The highest BCUT2D eigenvalue weighted by molar-refractivity contribution is 5.58. The summed E-state index contributed by atoms with van der Waals surface area (Å²) in [6, 6.07) is 11.3. The third-order valence-corrected chi connectivity index (χ3v) is 4.78. The summed E-state index contributed by atoms with van der Waals surface area (Å²) >= 11 is 0. The number of ether oxygens (including phenoxy) is 2. The predicted molar refractivity (Wildman–Crippen MR) is 102 cm³/mol. The van der Waals surface area contributed by atoms with Crippen molar-refractivity contribution >= 4 is 12.2 Å². The van der Waals surface area contributed by atoms with E-state index >= 15 is 0 Å². The van der Waals surface area contributed by atoms with E-state index in [1.807, 2.05) is 36.4 Å². The lowest BCUT2D eigenvalue weighted by atomic mass is 9.91.